The molecule has 1 aliphatic rings. The van der Waals surface area contributed by atoms with Gasteiger partial charge in [0.15, 0.2) is 5.82 Å². The Morgan fingerprint density at radius 1 is 1.22 bits per heavy atom. The molecule has 8 heteroatoms. The summed E-state index contributed by atoms with van der Waals surface area (Å²) in [6, 6.07) is 9.77. The molecule has 3 aromatic rings. The first-order valence-corrected chi connectivity index (χ1v) is 9.09. The normalized spacial score (nSPS) is 15.1. The molecule has 1 aromatic carbocycles. The summed E-state index contributed by atoms with van der Waals surface area (Å²) >= 11 is 0. The molecule has 0 bridgehead atoms. The third-order valence-corrected chi connectivity index (χ3v) is 4.81. The van der Waals surface area contributed by atoms with Gasteiger partial charge in [0.2, 0.25) is 5.65 Å². The lowest BCUT2D eigenvalue weighted by Crippen LogP contribution is -2.45. The smallest absolute Gasteiger partial charge is 0.407 e. The Morgan fingerprint density at radius 2 is 2.00 bits per heavy atom. The van der Waals surface area contributed by atoms with Crippen LogP contribution >= 0.6 is 0 Å². The average Bonchev–Trinajstić information content (AvgIpc) is 3.09. The highest BCUT2D eigenvalue weighted by Gasteiger charge is 2.24. The van der Waals surface area contributed by atoms with Gasteiger partial charge in [0.05, 0.1) is 0 Å². The van der Waals surface area contributed by atoms with Crippen LogP contribution in [-0.2, 0) is 11.3 Å². The number of amides is 1. The van der Waals surface area contributed by atoms with E-state index >= 15 is 0 Å². The summed E-state index contributed by atoms with van der Waals surface area (Å²) < 4.78 is 7.24. The van der Waals surface area contributed by atoms with Gasteiger partial charge in [-0.15, -0.1) is 10.2 Å². The lowest BCUT2D eigenvalue weighted by molar-refractivity contribution is 0.134. The SMILES string of the molecule is Cc1nnc2c(N3CCC(NC(=O)OCc4ccccc4)CC3)nccn12. The van der Waals surface area contributed by atoms with E-state index in [0.717, 1.165) is 48.8 Å². The molecule has 0 spiro atoms. The summed E-state index contributed by atoms with van der Waals surface area (Å²) in [5, 5.41) is 11.3. The zero-order valence-electron chi connectivity index (χ0n) is 15.2. The Morgan fingerprint density at radius 3 is 2.78 bits per heavy atom. The summed E-state index contributed by atoms with van der Waals surface area (Å²) in [4.78, 5) is 18.7. The number of alkyl carbamates (subject to hydrolysis) is 1. The monoisotopic (exact) mass is 366 g/mol. The molecule has 0 radical (unpaired) electrons. The van der Waals surface area contributed by atoms with E-state index in [-0.39, 0.29) is 18.7 Å². The molecule has 27 heavy (non-hydrogen) atoms. The second kappa shape index (κ2) is 7.61. The molecular formula is C19H22N6O2. The zero-order valence-corrected chi connectivity index (χ0v) is 15.2. The van der Waals surface area contributed by atoms with E-state index in [9.17, 15) is 4.79 Å². The van der Waals surface area contributed by atoms with E-state index in [1.165, 1.54) is 0 Å². The molecule has 1 amide bonds. The predicted octanol–water partition coefficient (Wildman–Crippen LogP) is 2.33. The van der Waals surface area contributed by atoms with E-state index in [4.69, 9.17) is 4.74 Å². The minimum Gasteiger partial charge on any atom is -0.445 e. The van der Waals surface area contributed by atoms with Gasteiger partial charge in [-0.3, -0.25) is 4.40 Å². The van der Waals surface area contributed by atoms with Crippen molar-refractivity contribution in [1.82, 2.24) is 24.9 Å². The van der Waals surface area contributed by atoms with E-state index < -0.39 is 0 Å². The molecule has 1 N–H and O–H groups in total. The molecule has 140 valence electrons. The van der Waals surface area contributed by atoms with Crippen molar-refractivity contribution >= 4 is 17.6 Å². The van der Waals surface area contributed by atoms with Crippen LogP contribution in [0.5, 0.6) is 0 Å². The molecular weight excluding hydrogens is 344 g/mol. The number of nitrogens with one attached hydrogen (secondary N) is 1. The van der Waals surface area contributed by atoms with Crippen LogP contribution in [0.25, 0.3) is 5.65 Å². The van der Waals surface area contributed by atoms with Crippen LogP contribution in [-0.4, -0.2) is 44.8 Å². The van der Waals surface area contributed by atoms with Gasteiger partial charge >= 0.3 is 6.09 Å². The number of aromatic nitrogens is 4. The minimum atomic E-state index is -0.370. The van der Waals surface area contributed by atoms with Gasteiger partial charge in [0.1, 0.15) is 12.4 Å². The van der Waals surface area contributed by atoms with Crippen LogP contribution < -0.4 is 10.2 Å². The Labute approximate surface area is 157 Å². The summed E-state index contributed by atoms with van der Waals surface area (Å²) in [6.45, 7) is 3.79. The topological polar surface area (TPSA) is 84.7 Å². The highest BCUT2D eigenvalue weighted by molar-refractivity contribution is 5.68. The van der Waals surface area contributed by atoms with Crippen molar-refractivity contribution in [2.24, 2.45) is 0 Å². The van der Waals surface area contributed by atoms with E-state index in [0.29, 0.717) is 0 Å². The third-order valence-electron chi connectivity index (χ3n) is 4.81. The highest BCUT2D eigenvalue weighted by atomic mass is 16.5. The maximum Gasteiger partial charge on any atom is 0.407 e. The number of ether oxygens (including phenoxy) is 1. The number of carbonyl (C=O) groups excluding carboxylic acids is 1. The molecule has 8 nitrogen and oxygen atoms in total. The molecule has 3 heterocycles. The molecule has 1 aliphatic heterocycles. The summed E-state index contributed by atoms with van der Waals surface area (Å²) in [7, 11) is 0. The van der Waals surface area contributed by atoms with Crippen molar-refractivity contribution < 1.29 is 9.53 Å². The van der Waals surface area contributed by atoms with Crippen molar-refractivity contribution in [2.45, 2.75) is 32.4 Å². The fourth-order valence-corrected chi connectivity index (χ4v) is 3.32. The fourth-order valence-electron chi connectivity index (χ4n) is 3.32. The van der Waals surface area contributed by atoms with Gasteiger partial charge in [-0.25, -0.2) is 9.78 Å². The maximum absolute atomic E-state index is 12.0. The lowest BCUT2D eigenvalue weighted by atomic mass is 10.1. The number of hydrogen-bond acceptors (Lipinski definition) is 6. The van der Waals surface area contributed by atoms with Crippen LogP contribution in [0.1, 0.15) is 24.2 Å². The van der Waals surface area contributed by atoms with Crippen molar-refractivity contribution in [3.8, 4) is 0 Å². The molecule has 0 saturated carbocycles. The highest BCUT2D eigenvalue weighted by Crippen LogP contribution is 2.22. The first kappa shape index (κ1) is 17.3. The molecule has 2 aromatic heterocycles. The number of carbonyl (C=O) groups is 1. The number of benzene rings is 1. The molecule has 1 fully saturated rings. The van der Waals surface area contributed by atoms with E-state index in [2.05, 4.69) is 25.4 Å². The lowest BCUT2D eigenvalue weighted by Gasteiger charge is -2.32. The number of piperidine rings is 1. The maximum atomic E-state index is 12.0. The van der Waals surface area contributed by atoms with E-state index in [1.807, 2.05) is 47.9 Å². The van der Waals surface area contributed by atoms with Gasteiger partial charge in [0, 0.05) is 31.5 Å². The van der Waals surface area contributed by atoms with Crippen LogP contribution in [0.15, 0.2) is 42.7 Å². The van der Waals surface area contributed by atoms with Crippen LogP contribution in [0.3, 0.4) is 0 Å². The third kappa shape index (κ3) is 3.84. The molecule has 0 unspecified atom stereocenters. The standard InChI is InChI=1S/C19H22N6O2/c1-14-22-23-18-17(20-9-12-25(14)18)24-10-7-16(8-11-24)21-19(26)27-13-15-5-3-2-4-6-15/h2-6,9,12,16H,7-8,10-11,13H2,1H3,(H,21,26). The van der Waals surface area contributed by atoms with Gasteiger partial charge in [-0.1, -0.05) is 30.3 Å². The van der Waals surface area contributed by atoms with Crippen LogP contribution in [0.4, 0.5) is 10.6 Å². The zero-order chi connectivity index (χ0) is 18.6. The van der Waals surface area contributed by atoms with Gasteiger partial charge in [0.25, 0.3) is 0 Å². The van der Waals surface area contributed by atoms with Crippen LogP contribution in [0, 0.1) is 6.92 Å². The molecule has 4 rings (SSSR count). The number of nitrogens with zero attached hydrogens (tertiary/aromatic N) is 5. The predicted molar refractivity (Wildman–Crippen MR) is 101 cm³/mol. The Hall–Kier alpha value is -3.16. The molecule has 1 saturated heterocycles. The Kier molecular flexibility index (Phi) is 4.86. The summed E-state index contributed by atoms with van der Waals surface area (Å²) in [6.07, 6.45) is 4.92. The minimum absolute atomic E-state index is 0.101. The number of hydrogen-bond donors (Lipinski definition) is 1. The van der Waals surface area contributed by atoms with Crippen molar-refractivity contribution in [3.05, 3.63) is 54.1 Å². The fraction of sp³-hybridized carbons (Fsp3) is 0.368. The number of anilines is 1. The Bertz CT molecular complexity index is 918. The summed E-state index contributed by atoms with van der Waals surface area (Å²) in [5.41, 5.74) is 1.74. The van der Waals surface area contributed by atoms with Crippen molar-refractivity contribution in [2.75, 3.05) is 18.0 Å². The second-order valence-corrected chi connectivity index (χ2v) is 6.66. The van der Waals surface area contributed by atoms with Gasteiger partial charge in [-0.2, -0.15) is 0 Å². The van der Waals surface area contributed by atoms with Crippen LogP contribution in [0.2, 0.25) is 0 Å². The first-order valence-electron chi connectivity index (χ1n) is 9.09. The van der Waals surface area contributed by atoms with Gasteiger partial charge in [-0.05, 0) is 25.3 Å². The number of fused-ring (bicyclic) bond motifs is 1. The largest absolute Gasteiger partial charge is 0.445 e. The van der Waals surface area contributed by atoms with Crippen molar-refractivity contribution in [1.29, 1.82) is 0 Å². The van der Waals surface area contributed by atoms with Gasteiger partial charge < -0.3 is 15.0 Å². The summed E-state index contributed by atoms with van der Waals surface area (Å²) in [5.74, 6) is 1.68. The average molecular weight is 366 g/mol. The second-order valence-electron chi connectivity index (χ2n) is 6.66. The first-order chi connectivity index (χ1) is 13.2. The van der Waals surface area contributed by atoms with E-state index in [1.54, 1.807) is 6.20 Å². The number of rotatable bonds is 4. The molecule has 0 aliphatic carbocycles. The molecule has 0 atom stereocenters. The Balaban J connectivity index is 1.30. The number of aryl methyl sites for hydroxylation is 1. The van der Waals surface area contributed by atoms with Crippen molar-refractivity contribution in [3.63, 3.8) is 0 Å². The quantitative estimate of drug-likeness (QED) is 0.763.